The van der Waals surface area contributed by atoms with E-state index in [1.165, 1.54) is 4.90 Å². The van der Waals surface area contributed by atoms with Crippen LogP contribution in [0.5, 0.6) is 0 Å². The van der Waals surface area contributed by atoms with Gasteiger partial charge in [0.1, 0.15) is 6.04 Å². The number of para-hydroxylation sites is 1. The first-order valence-corrected chi connectivity index (χ1v) is 7.84. The number of nitrogens with zero attached hydrogens (tertiary/aromatic N) is 1. The number of carbonyl (C=O) groups excluding carboxylic acids is 1. The molecule has 2 rings (SSSR count). The molecule has 0 aliphatic carbocycles. The van der Waals surface area contributed by atoms with Gasteiger partial charge in [0, 0.05) is 12.1 Å². The molecule has 6 heteroatoms. The molecule has 0 radical (unpaired) electrons. The predicted octanol–water partition coefficient (Wildman–Crippen LogP) is 1.11. The average Bonchev–Trinajstić information content (AvgIpc) is 2.83. The molecule has 1 aliphatic rings. The summed E-state index contributed by atoms with van der Waals surface area (Å²) in [7, 11) is 0. The Balaban J connectivity index is 2.26. The monoisotopic (exact) mass is 294 g/mol. The number of fused-ring (bicyclic) bond motifs is 1. The summed E-state index contributed by atoms with van der Waals surface area (Å²) in [5.41, 5.74) is 7.46. The van der Waals surface area contributed by atoms with E-state index in [-0.39, 0.29) is 5.91 Å². The van der Waals surface area contributed by atoms with Crippen molar-refractivity contribution < 1.29 is 14.7 Å². The number of thioether (sulfide) groups is 1. The lowest BCUT2D eigenvalue weighted by Gasteiger charge is -2.25. The normalized spacial score (nSPS) is 18.7. The van der Waals surface area contributed by atoms with Crippen LogP contribution in [0.3, 0.4) is 0 Å². The number of hydrogen-bond donors (Lipinski definition) is 2. The average molecular weight is 294 g/mol. The highest BCUT2D eigenvalue weighted by Gasteiger charge is 2.39. The number of carbonyl (C=O) groups is 2. The number of aliphatic carboxylic acids is 1. The van der Waals surface area contributed by atoms with Crippen LogP contribution in [0.25, 0.3) is 0 Å². The van der Waals surface area contributed by atoms with Crippen molar-refractivity contribution >= 4 is 29.3 Å². The zero-order valence-corrected chi connectivity index (χ0v) is 12.1. The maximum Gasteiger partial charge on any atom is 0.327 e. The van der Waals surface area contributed by atoms with Crippen LogP contribution in [0.2, 0.25) is 0 Å². The summed E-state index contributed by atoms with van der Waals surface area (Å²) in [6, 6.07) is 5.77. The third-order valence-corrected chi connectivity index (χ3v) is 4.09. The number of benzene rings is 1. The summed E-state index contributed by atoms with van der Waals surface area (Å²) < 4.78 is 0. The second-order valence-corrected chi connectivity index (χ2v) is 5.77. The van der Waals surface area contributed by atoms with E-state index in [9.17, 15) is 14.7 Å². The molecule has 1 aromatic rings. The summed E-state index contributed by atoms with van der Waals surface area (Å²) in [6.07, 6.45) is 2.83. The number of anilines is 1. The van der Waals surface area contributed by atoms with Crippen LogP contribution >= 0.6 is 11.8 Å². The quantitative estimate of drug-likeness (QED) is 0.850. The Morgan fingerprint density at radius 3 is 2.85 bits per heavy atom. The van der Waals surface area contributed by atoms with Crippen LogP contribution in [0, 0.1) is 0 Å². The van der Waals surface area contributed by atoms with Crippen molar-refractivity contribution in [1.82, 2.24) is 0 Å². The van der Waals surface area contributed by atoms with E-state index in [4.69, 9.17) is 5.73 Å². The molecule has 20 heavy (non-hydrogen) atoms. The van der Waals surface area contributed by atoms with Gasteiger partial charge in [0.05, 0.1) is 6.04 Å². The summed E-state index contributed by atoms with van der Waals surface area (Å²) in [5.74, 6) is -0.525. The Bertz CT molecular complexity index is 521. The molecule has 5 nitrogen and oxygen atoms in total. The third kappa shape index (κ3) is 2.81. The fourth-order valence-corrected chi connectivity index (χ4v) is 2.89. The first kappa shape index (κ1) is 14.9. The summed E-state index contributed by atoms with van der Waals surface area (Å²) in [5, 5.41) is 9.32. The van der Waals surface area contributed by atoms with Gasteiger partial charge < -0.3 is 10.8 Å². The predicted molar refractivity (Wildman–Crippen MR) is 80.0 cm³/mol. The first-order valence-electron chi connectivity index (χ1n) is 6.44. The molecule has 3 N–H and O–H groups in total. The Kier molecular flexibility index (Phi) is 4.67. The number of rotatable bonds is 5. The minimum absolute atomic E-state index is 0.309. The van der Waals surface area contributed by atoms with Crippen LogP contribution in [0.1, 0.15) is 12.0 Å². The molecular formula is C14H18N2O3S. The van der Waals surface area contributed by atoms with Gasteiger partial charge in [-0.2, -0.15) is 11.8 Å². The van der Waals surface area contributed by atoms with Crippen LogP contribution in [-0.4, -0.2) is 41.1 Å². The van der Waals surface area contributed by atoms with E-state index in [1.54, 1.807) is 23.9 Å². The smallest absolute Gasteiger partial charge is 0.327 e. The van der Waals surface area contributed by atoms with Crippen LogP contribution in [0.15, 0.2) is 24.3 Å². The summed E-state index contributed by atoms with van der Waals surface area (Å²) in [4.78, 5) is 25.2. The molecule has 1 aliphatic heterocycles. The molecule has 0 fully saturated rings. The van der Waals surface area contributed by atoms with E-state index in [0.29, 0.717) is 18.5 Å². The van der Waals surface area contributed by atoms with E-state index < -0.39 is 18.1 Å². The Hall–Kier alpha value is -1.53. The number of carboxylic acids is 1. The lowest BCUT2D eigenvalue weighted by Crippen LogP contribution is -2.50. The molecule has 0 saturated carbocycles. The van der Waals surface area contributed by atoms with Gasteiger partial charge in [0.2, 0.25) is 5.91 Å². The highest BCUT2D eigenvalue weighted by atomic mass is 32.2. The Labute approximate surface area is 122 Å². The second-order valence-electron chi connectivity index (χ2n) is 4.78. The largest absolute Gasteiger partial charge is 0.480 e. The molecule has 108 valence electrons. The van der Waals surface area contributed by atoms with Gasteiger partial charge in [0.15, 0.2) is 0 Å². The van der Waals surface area contributed by atoms with E-state index in [2.05, 4.69) is 0 Å². The van der Waals surface area contributed by atoms with E-state index in [1.807, 2.05) is 18.4 Å². The van der Waals surface area contributed by atoms with Crippen molar-refractivity contribution in [3.8, 4) is 0 Å². The Morgan fingerprint density at radius 1 is 1.50 bits per heavy atom. The minimum atomic E-state index is -0.994. The van der Waals surface area contributed by atoms with Gasteiger partial charge >= 0.3 is 5.97 Å². The summed E-state index contributed by atoms with van der Waals surface area (Å²) >= 11 is 1.62. The highest BCUT2D eigenvalue weighted by Crippen LogP contribution is 2.32. The van der Waals surface area contributed by atoms with E-state index in [0.717, 1.165) is 11.3 Å². The first-order chi connectivity index (χ1) is 9.56. The SMILES string of the molecule is CSCC[C@H](N)C(=O)N1c2ccccc2CC1C(=O)O. The number of amides is 1. The van der Waals surface area contributed by atoms with Gasteiger partial charge in [-0.15, -0.1) is 0 Å². The topological polar surface area (TPSA) is 83.6 Å². The molecule has 1 heterocycles. The Morgan fingerprint density at radius 2 is 2.20 bits per heavy atom. The standard InChI is InChI=1S/C14H18N2O3S/c1-20-7-6-10(15)13(17)16-11-5-3-2-4-9(11)8-12(16)14(18)19/h2-5,10,12H,6-8,15H2,1H3,(H,18,19)/t10-,12?/m0/s1. The molecule has 0 saturated heterocycles. The molecule has 1 unspecified atom stereocenters. The van der Waals surface area contributed by atoms with Crippen molar-refractivity contribution in [2.24, 2.45) is 5.73 Å². The molecule has 1 aromatic carbocycles. The zero-order valence-electron chi connectivity index (χ0n) is 11.3. The second kappa shape index (κ2) is 6.28. The fourth-order valence-electron chi connectivity index (χ4n) is 2.40. The zero-order chi connectivity index (χ0) is 14.7. The summed E-state index contributed by atoms with van der Waals surface area (Å²) in [6.45, 7) is 0. The van der Waals surface area contributed by atoms with Crippen LogP contribution in [-0.2, 0) is 16.0 Å². The molecular weight excluding hydrogens is 276 g/mol. The molecule has 0 bridgehead atoms. The van der Waals surface area contributed by atoms with E-state index >= 15 is 0 Å². The molecule has 2 atom stereocenters. The van der Waals surface area contributed by atoms with Gasteiger partial charge in [-0.1, -0.05) is 18.2 Å². The lowest BCUT2D eigenvalue weighted by atomic mass is 10.1. The van der Waals surface area contributed by atoms with Gasteiger partial charge in [0.25, 0.3) is 0 Å². The maximum atomic E-state index is 12.5. The van der Waals surface area contributed by atoms with Crippen LogP contribution in [0.4, 0.5) is 5.69 Å². The fraction of sp³-hybridized carbons (Fsp3) is 0.429. The molecule has 1 amide bonds. The van der Waals surface area contributed by atoms with Crippen molar-refractivity contribution in [2.75, 3.05) is 16.9 Å². The van der Waals surface area contributed by atoms with Crippen LogP contribution < -0.4 is 10.6 Å². The van der Waals surface area contributed by atoms with Crippen molar-refractivity contribution in [2.45, 2.75) is 24.9 Å². The van der Waals surface area contributed by atoms with Crippen molar-refractivity contribution in [3.05, 3.63) is 29.8 Å². The molecule has 0 spiro atoms. The lowest BCUT2D eigenvalue weighted by molar-refractivity contribution is -0.140. The van der Waals surface area contributed by atoms with Gasteiger partial charge in [-0.25, -0.2) is 4.79 Å². The van der Waals surface area contributed by atoms with Crippen molar-refractivity contribution in [1.29, 1.82) is 0 Å². The number of hydrogen-bond acceptors (Lipinski definition) is 4. The molecule has 0 aromatic heterocycles. The number of carboxylic acid groups (broad SMARTS) is 1. The minimum Gasteiger partial charge on any atom is -0.480 e. The van der Waals surface area contributed by atoms with Gasteiger partial charge in [-0.3, -0.25) is 9.69 Å². The number of nitrogens with two attached hydrogens (primary N) is 1. The third-order valence-electron chi connectivity index (χ3n) is 3.45. The van der Waals surface area contributed by atoms with Crippen molar-refractivity contribution in [3.63, 3.8) is 0 Å². The van der Waals surface area contributed by atoms with Gasteiger partial charge in [-0.05, 0) is 30.1 Å². The maximum absolute atomic E-state index is 12.5. The highest BCUT2D eigenvalue weighted by molar-refractivity contribution is 7.98.